The molecule has 1 saturated heterocycles. The number of aromatic nitrogens is 1. The molecular formula is C42H56N6O9. The molecule has 3 heterocycles. The first-order chi connectivity index (χ1) is 27.6. The highest BCUT2D eigenvalue weighted by Gasteiger charge is 2.40. The number of hydrogen-bond donors (Lipinski definition) is 3. The number of ether oxygens (including phenoxy) is 5. The van der Waals surface area contributed by atoms with Crippen molar-refractivity contribution >= 4 is 46.6 Å². The molecule has 0 spiro atoms. The van der Waals surface area contributed by atoms with Crippen LogP contribution in [0, 0.1) is 0 Å². The molecule has 0 saturated carbocycles. The summed E-state index contributed by atoms with van der Waals surface area (Å²) in [6.45, 7) is 7.19. The van der Waals surface area contributed by atoms with Crippen molar-refractivity contribution in [3.63, 3.8) is 0 Å². The molecular weight excluding hydrogens is 732 g/mol. The lowest BCUT2D eigenvalue weighted by atomic mass is 10.1. The molecule has 4 amide bonds. The summed E-state index contributed by atoms with van der Waals surface area (Å²) in [5.41, 5.74) is 8.40. The molecule has 2 unspecified atom stereocenters. The Hall–Kier alpha value is -5.54. The zero-order chi connectivity index (χ0) is 40.7. The van der Waals surface area contributed by atoms with E-state index in [-0.39, 0.29) is 55.2 Å². The van der Waals surface area contributed by atoms with Crippen molar-refractivity contribution in [1.82, 2.24) is 9.47 Å². The Balaban J connectivity index is 1.22. The topological polar surface area (TPSA) is 176 Å². The molecule has 2 aliphatic heterocycles. The molecule has 3 aromatic rings. The fraction of sp³-hybridized carbons (Fsp3) is 0.476. The number of fused-ring (bicyclic) bond motifs is 1. The molecule has 2 atom stereocenters. The Morgan fingerprint density at radius 2 is 1.81 bits per heavy atom. The van der Waals surface area contributed by atoms with Crippen LogP contribution in [0.3, 0.4) is 0 Å². The average molecular weight is 789 g/mol. The van der Waals surface area contributed by atoms with Gasteiger partial charge in [-0.3, -0.25) is 14.4 Å². The van der Waals surface area contributed by atoms with Gasteiger partial charge in [-0.15, -0.1) is 0 Å². The summed E-state index contributed by atoms with van der Waals surface area (Å²) in [5.74, 6) is -0.0573. The number of hydrogen-bond acceptors (Lipinski definition) is 10. The van der Waals surface area contributed by atoms with Gasteiger partial charge in [-0.2, -0.15) is 0 Å². The van der Waals surface area contributed by atoms with Gasteiger partial charge in [-0.25, -0.2) is 9.69 Å². The monoisotopic (exact) mass is 788 g/mol. The predicted molar refractivity (Wildman–Crippen MR) is 218 cm³/mol. The van der Waals surface area contributed by atoms with Crippen LogP contribution in [-0.4, -0.2) is 85.8 Å². The van der Waals surface area contributed by atoms with E-state index in [1.165, 1.54) is 18.1 Å². The summed E-state index contributed by atoms with van der Waals surface area (Å²) >= 11 is 0. The number of benzene rings is 2. The highest BCUT2D eigenvalue weighted by molar-refractivity contribution is 6.06. The van der Waals surface area contributed by atoms with Gasteiger partial charge >= 0.3 is 6.09 Å². The Kier molecular flexibility index (Phi) is 15.8. The van der Waals surface area contributed by atoms with Crippen LogP contribution >= 0.6 is 0 Å². The second-order valence-corrected chi connectivity index (χ2v) is 14.1. The molecule has 2 aliphatic rings. The molecule has 1 aromatic heterocycles. The van der Waals surface area contributed by atoms with E-state index >= 15 is 0 Å². The highest BCUT2D eigenvalue weighted by Crippen LogP contribution is 2.39. The van der Waals surface area contributed by atoms with E-state index in [2.05, 4.69) is 24.1 Å². The molecule has 0 aliphatic carbocycles. The summed E-state index contributed by atoms with van der Waals surface area (Å²) in [6.07, 6.45) is 8.47. The second kappa shape index (κ2) is 21.1. The first-order valence-corrected chi connectivity index (χ1v) is 19.7. The van der Waals surface area contributed by atoms with Crippen molar-refractivity contribution in [2.75, 3.05) is 61.3 Å². The van der Waals surface area contributed by atoms with E-state index in [0.29, 0.717) is 73.1 Å². The minimum Gasteiger partial charge on any atom is -0.493 e. The zero-order valence-electron chi connectivity index (χ0n) is 33.3. The van der Waals surface area contributed by atoms with Gasteiger partial charge < -0.3 is 49.5 Å². The van der Waals surface area contributed by atoms with Crippen LogP contribution in [-0.2, 0) is 26.1 Å². The van der Waals surface area contributed by atoms with E-state index in [1.807, 2.05) is 0 Å². The largest absolute Gasteiger partial charge is 0.493 e. The summed E-state index contributed by atoms with van der Waals surface area (Å²) in [6, 6.07) is 11.7. The van der Waals surface area contributed by atoms with E-state index in [0.717, 1.165) is 32.1 Å². The van der Waals surface area contributed by atoms with Gasteiger partial charge in [-0.1, -0.05) is 32.4 Å². The van der Waals surface area contributed by atoms with E-state index in [4.69, 9.17) is 29.4 Å². The third kappa shape index (κ3) is 11.7. The van der Waals surface area contributed by atoms with Crippen molar-refractivity contribution in [3.05, 3.63) is 72.6 Å². The lowest BCUT2D eigenvalue weighted by Crippen LogP contribution is -2.50. The summed E-state index contributed by atoms with van der Waals surface area (Å²) in [4.78, 5) is 56.6. The lowest BCUT2D eigenvalue weighted by molar-refractivity contribution is -0.188. The quantitative estimate of drug-likeness (QED) is 0.0646. The van der Waals surface area contributed by atoms with E-state index in [9.17, 15) is 19.2 Å². The molecule has 1 fully saturated rings. The molecule has 0 bridgehead atoms. The Labute approximate surface area is 334 Å². The minimum atomic E-state index is -0.890. The van der Waals surface area contributed by atoms with Crippen LogP contribution in [0.5, 0.6) is 11.5 Å². The summed E-state index contributed by atoms with van der Waals surface area (Å²) < 4.78 is 31.4. The minimum absolute atomic E-state index is 0.0299. The van der Waals surface area contributed by atoms with Gasteiger partial charge in [0.1, 0.15) is 12.3 Å². The number of methoxy groups -OCH3 is 1. The average Bonchev–Trinajstić information content (AvgIpc) is 3.53. The normalized spacial score (nSPS) is 16.6. The number of unbranched alkanes of at least 4 members (excludes halogenated alkanes) is 4. The van der Waals surface area contributed by atoms with Crippen LogP contribution in [0.15, 0.2) is 61.3 Å². The number of rotatable bonds is 19. The number of aryl methyl sites for hydroxylation is 1. The molecule has 4 N–H and O–H groups in total. The fourth-order valence-electron chi connectivity index (χ4n) is 6.72. The van der Waals surface area contributed by atoms with E-state index in [1.54, 1.807) is 65.2 Å². The number of nitrogens with zero attached hydrogens (tertiary/aromatic N) is 3. The molecule has 0 radical (unpaired) electrons. The Bertz CT molecular complexity index is 1840. The molecule has 57 heavy (non-hydrogen) atoms. The maximum Gasteiger partial charge on any atom is 0.416 e. The van der Waals surface area contributed by atoms with Gasteiger partial charge in [-0.05, 0) is 81.3 Å². The Morgan fingerprint density at radius 3 is 2.53 bits per heavy atom. The van der Waals surface area contributed by atoms with Crippen molar-refractivity contribution in [1.29, 1.82) is 0 Å². The second-order valence-electron chi connectivity index (χ2n) is 14.1. The SMILES string of the molecule is C=CCOC(=O)N1c2cc(OCCCCCC(=O)Nc3cc(C(=O)Nc4ccc(N)cc4)n(C)c3)c(OC)cc2C(=O)N(CCCCC)CC1OC1CCCCO1. The number of nitrogen functional groups attached to an aromatic ring is 1. The maximum absolute atomic E-state index is 14.2. The van der Waals surface area contributed by atoms with Gasteiger partial charge in [0.05, 0.1) is 37.2 Å². The molecule has 5 rings (SSSR count). The molecule has 308 valence electrons. The van der Waals surface area contributed by atoms with Crippen LogP contribution in [0.1, 0.15) is 92.0 Å². The standard InChI is InChI=1S/C42H56N6O9/c1-5-7-11-20-47-28-38(57-39-15-10-13-23-55-39)48(42(52)56-21-6-2)33-26-36(35(53-4)25-32(33)41(47)51)54-22-12-8-9-14-37(49)44-31-24-34(46(3)27-31)40(50)45-30-18-16-29(43)17-19-30/h6,16-19,24-27,38-39H,2,5,7-15,20-23,28,43H2,1,3-4H3,(H,44,49)(H,45,50). The van der Waals surface area contributed by atoms with Gasteiger partial charge in [0.15, 0.2) is 24.0 Å². The van der Waals surface area contributed by atoms with Crippen molar-refractivity contribution in [2.24, 2.45) is 7.05 Å². The number of anilines is 4. The first-order valence-electron chi connectivity index (χ1n) is 19.7. The van der Waals surface area contributed by atoms with Gasteiger partial charge in [0.25, 0.3) is 11.8 Å². The third-order valence-electron chi connectivity index (χ3n) is 9.72. The first kappa shape index (κ1) is 42.6. The van der Waals surface area contributed by atoms with Gasteiger partial charge in [0, 0.05) is 50.3 Å². The van der Waals surface area contributed by atoms with Gasteiger partial charge in [0.2, 0.25) is 5.91 Å². The smallest absolute Gasteiger partial charge is 0.416 e. The highest BCUT2D eigenvalue weighted by atomic mass is 16.7. The van der Waals surface area contributed by atoms with Crippen LogP contribution in [0.4, 0.5) is 27.5 Å². The van der Waals surface area contributed by atoms with Crippen molar-refractivity contribution < 1.29 is 42.9 Å². The van der Waals surface area contributed by atoms with Crippen LogP contribution in [0.25, 0.3) is 0 Å². The van der Waals surface area contributed by atoms with Crippen molar-refractivity contribution in [3.8, 4) is 11.5 Å². The number of nitrogens with one attached hydrogen (secondary N) is 2. The van der Waals surface area contributed by atoms with Crippen LogP contribution in [0.2, 0.25) is 0 Å². The number of carbonyl (C=O) groups excluding carboxylic acids is 4. The summed E-state index contributed by atoms with van der Waals surface area (Å²) in [5, 5.41) is 5.70. The Morgan fingerprint density at radius 1 is 1.00 bits per heavy atom. The molecule has 2 aromatic carbocycles. The molecule has 15 nitrogen and oxygen atoms in total. The predicted octanol–water partition coefficient (Wildman–Crippen LogP) is 7.09. The number of amides is 4. The molecule has 15 heteroatoms. The number of carbonyl (C=O) groups is 4. The van der Waals surface area contributed by atoms with Crippen molar-refractivity contribution in [2.45, 2.75) is 83.6 Å². The maximum atomic E-state index is 14.2. The number of nitrogens with two attached hydrogens (primary N) is 1. The summed E-state index contributed by atoms with van der Waals surface area (Å²) in [7, 11) is 3.23. The van der Waals surface area contributed by atoms with E-state index < -0.39 is 18.6 Å². The van der Waals surface area contributed by atoms with Crippen LogP contribution < -0.4 is 30.7 Å². The lowest BCUT2D eigenvalue weighted by Gasteiger charge is -2.35. The fourth-order valence-corrected chi connectivity index (χ4v) is 6.72. The zero-order valence-corrected chi connectivity index (χ0v) is 33.3. The third-order valence-corrected chi connectivity index (χ3v) is 9.72.